The average molecular weight is 229 g/mol. The van der Waals surface area contributed by atoms with Crippen LogP contribution in [0, 0.1) is 5.92 Å². The lowest BCUT2D eigenvalue weighted by molar-refractivity contribution is 0.0400. The molecule has 0 aromatic heterocycles. The Balaban J connectivity index is 2.28. The Kier molecular flexibility index (Phi) is 7.01. The van der Waals surface area contributed by atoms with E-state index in [2.05, 4.69) is 12.2 Å². The van der Waals surface area contributed by atoms with Crippen molar-refractivity contribution in [1.82, 2.24) is 5.32 Å². The number of ether oxygens (including phenoxy) is 1. The Morgan fingerprint density at radius 1 is 1.38 bits per heavy atom. The normalized spacial score (nSPS) is 27.9. The van der Waals surface area contributed by atoms with Gasteiger partial charge in [-0.3, -0.25) is 0 Å². The summed E-state index contributed by atoms with van der Waals surface area (Å²) in [5.74, 6) is 0.601. The molecule has 3 heteroatoms. The molecule has 1 aliphatic rings. The lowest BCUT2D eigenvalue weighted by Crippen LogP contribution is -2.44. The quantitative estimate of drug-likeness (QED) is 0.701. The van der Waals surface area contributed by atoms with Crippen LogP contribution in [0.2, 0.25) is 0 Å². The van der Waals surface area contributed by atoms with Gasteiger partial charge < -0.3 is 15.2 Å². The highest BCUT2D eigenvalue weighted by molar-refractivity contribution is 4.82. The molecular formula is C13H27NO2. The summed E-state index contributed by atoms with van der Waals surface area (Å²) in [6.07, 6.45) is 7.46. The van der Waals surface area contributed by atoms with E-state index in [0.717, 1.165) is 19.4 Å². The van der Waals surface area contributed by atoms with Crippen molar-refractivity contribution in [3.05, 3.63) is 0 Å². The summed E-state index contributed by atoms with van der Waals surface area (Å²) in [6, 6.07) is 0.520. The molecule has 1 fully saturated rings. The first-order chi connectivity index (χ1) is 7.81. The molecule has 16 heavy (non-hydrogen) atoms. The number of hydrogen-bond donors (Lipinski definition) is 2. The largest absolute Gasteiger partial charge is 0.396 e. The average Bonchev–Trinajstić information content (AvgIpc) is 2.34. The van der Waals surface area contributed by atoms with E-state index in [-0.39, 0.29) is 0 Å². The van der Waals surface area contributed by atoms with Crippen LogP contribution < -0.4 is 5.32 Å². The number of nitrogens with one attached hydrogen (secondary N) is 1. The molecule has 0 saturated heterocycles. The maximum atomic E-state index is 8.95. The minimum atomic E-state index is 0.304. The van der Waals surface area contributed by atoms with E-state index in [1.54, 1.807) is 0 Å². The topological polar surface area (TPSA) is 41.5 Å². The van der Waals surface area contributed by atoms with Gasteiger partial charge in [-0.05, 0) is 31.7 Å². The van der Waals surface area contributed by atoms with Crippen LogP contribution in [0.15, 0.2) is 0 Å². The number of aliphatic hydroxyl groups excluding tert-OH is 1. The van der Waals surface area contributed by atoms with Gasteiger partial charge >= 0.3 is 0 Å². The molecule has 96 valence electrons. The van der Waals surface area contributed by atoms with E-state index >= 15 is 0 Å². The minimum absolute atomic E-state index is 0.304. The van der Waals surface area contributed by atoms with Crippen molar-refractivity contribution in [2.75, 3.05) is 20.3 Å². The maximum absolute atomic E-state index is 8.95. The highest BCUT2D eigenvalue weighted by Crippen LogP contribution is 2.21. The number of aliphatic hydroxyl groups is 1. The zero-order valence-corrected chi connectivity index (χ0v) is 10.7. The van der Waals surface area contributed by atoms with Crippen LogP contribution >= 0.6 is 0 Å². The lowest BCUT2D eigenvalue weighted by atomic mass is 9.91. The van der Waals surface area contributed by atoms with Crippen molar-refractivity contribution in [2.45, 2.75) is 57.6 Å². The third kappa shape index (κ3) is 4.40. The molecule has 0 aromatic carbocycles. The molecule has 0 aliphatic heterocycles. The van der Waals surface area contributed by atoms with Crippen LogP contribution in [-0.2, 0) is 4.74 Å². The van der Waals surface area contributed by atoms with E-state index in [1.807, 2.05) is 7.11 Å². The van der Waals surface area contributed by atoms with Crippen molar-refractivity contribution in [1.29, 1.82) is 0 Å². The SMILES string of the molecule is CCC(CCO)CNC1CCCCC1OC. The Morgan fingerprint density at radius 3 is 2.75 bits per heavy atom. The van der Waals surface area contributed by atoms with Gasteiger partial charge in [0.1, 0.15) is 0 Å². The van der Waals surface area contributed by atoms with Crippen LogP contribution in [0.1, 0.15) is 45.4 Å². The predicted molar refractivity (Wildman–Crippen MR) is 66.5 cm³/mol. The highest BCUT2D eigenvalue weighted by Gasteiger charge is 2.24. The molecule has 0 radical (unpaired) electrons. The van der Waals surface area contributed by atoms with Crippen LogP contribution in [0.25, 0.3) is 0 Å². The molecule has 0 bridgehead atoms. The second-order valence-electron chi connectivity index (χ2n) is 4.86. The van der Waals surface area contributed by atoms with Gasteiger partial charge in [-0.15, -0.1) is 0 Å². The number of rotatable bonds is 7. The van der Waals surface area contributed by atoms with Crippen LogP contribution in [0.5, 0.6) is 0 Å². The van der Waals surface area contributed by atoms with Crippen LogP contribution in [-0.4, -0.2) is 37.5 Å². The standard InChI is InChI=1S/C13H27NO2/c1-3-11(8-9-15)10-14-12-6-4-5-7-13(12)16-2/h11-15H,3-10H2,1-2H3. The van der Waals surface area contributed by atoms with Crippen LogP contribution in [0.3, 0.4) is 0 Å². The number of hydrogen-bond acceptors (Lipinski definition) is 3. The summed E-state index contributed by atoms with van der Waals surface area (Å²) >= 11 is 0. The molecule has 1 saturated carbocycles. The molecule has 3 atom stereocenters. The predicted octanol–water partition coefficient (Wildman–Crippen LogP) is 1.94. The van der Waals surface area contributed by atoms with E-state index in [1.165, 1.54) is 25.7 Å². The highest BCUT2D eigenvalue weighted by atomic mass is 16.5. The Hall–Kier alpha value is -0.120. The molecule has 0 heterocycles. The fraction of sp³-hybridized carbons (Fsp3) is 1.00. The van der Waals surface area contributed by atoms with Crippen molar-refractivity contribution in [3.8, 4) is 0 Å². The first-order valence-corrected chi connectivity index (χ1v) is 6.68. The Morgan fingerprint density at radius 2 is 2.12 bits per heavy atom. The van der Waals surface area contributed by atoms with E-state index in [4.69, 9.17) is 9.84 Å². The summed E-state index contributed by atoms with van der Waals surface area (Å²) in [4.78, 5) is 0. The smallest absolute Gasteiger partial charge is 0.0724 e. The molecule has 2 N–H and O–H groups in total. The van der Waals surface area contributed by atoms with Gasteiger partial charge in [0.25, 0.3) is 0 Å². The monoisotopic (exact) mass is 229 g/mol. The van der Waals surface area contributed by atoms with Gasteiger partial charge in [-0.25, -0.2) is 0 Å². The first kappa shape index (κ1) is 13.9. The van der Waals surface area contributed by atoms with Crippen molar-refractivity contribution in [3.63, 3.8) is 0 Å². The van der Waals surface area contributed by atoms with Gasteiger partial charge in [0.15, 0.2) is 0 Å². The number of methoxy groups -OCH3 is 1. The van der Waals surface area contributed by atoms with Crippen LogP contribution in [0.4, 0.5) is 0 Å². The molecule has 3 unspecified atom stereocenters. The zero-order chi connectivity index (χ0) is 11.8. The third-order valence-corrected chi connectivity index (χ3v) is 3.79. The Bertz CT molecular complexity index is 175. The third-order valence-electron chi connectivity index (χ3n) is 3.79. The van der Waals surface area contributed by atoms with E-state index in [9.17, 15) is 0 Å². The summed E-state index contributed by atoms with van der Waals surface area (Å²) in [5, 5.41) is 12.6. The van der Waals surface area contributed by atoms with Gasteiger partial charge in [-0.1, -0.05) is 26.2 Å². The maximum Gasteiger partial charge on any atom is 0.0724 e. The summed E-state index contributed by atoms with van der Waals surface area (Å²) in [7, 11) is 1.82. The van der Waals surface area contributed by atoms with E-state index in [0.29, 0.717) is 24.7 Å². The summed E-state index contributed by atoms with van der Waals surface area (Å²) < 4.78 is 5.52. The molecule has 1 rings (SSSR count). The second-order valence-corrected chi connectivity index (χ2v) is 4.86. The Labute approximate surface area is 99.6 Å². The van der Waals surface area contributed by atoms with Gasteiger partial charge in [0.2, 0.25) is 0 Å². The molecule has 1 aliphatic carbocycles. The van der Waals surface area contributed by atoms with Gasteiger partial charge in [0, 0.05) is 19.8 Å². The lowest BCUT2D eigenvalue weighted by Gasteiger charge is -2.32. The van der Waals surface area contributed by atoms with Gasteiger partial charge in [0.05, 0.1) is 6.10 Å². The fourth-order valence-electron chi connectivity index (χ4n) is 2.56. The molecule has 3 nitrogen and oxygen atoms in total. The van der Waals surface area contributed by atoms with Gasteiger partial charge in [-0.2, -0.15) is 0 Å². The van der Waals surface area contributed by atoms with Crippen molar-refractivity contribution in [2.24, 2.45) is 5.92 Å². The van der Waals surface area contributed by atoms with E-state index < -0.39 is 0 Å². The first-order valence-electron chi connectivity index (χ1n) is 6.68. The van der Waals surface area contributed by atoms with Crippen molar-refractivity contribution < 1.29 is 9.84 Å². The summed E-state index contributed by atoms with van der Waals surface area (Å²) in [6.45, 7) is 3.51. The zero-order valence-electron chi connectivity index (χ0n) is 10.7. The summed E-state index contributed by atoms with van der Waals surface area (Å²) in [5.41, 5.74) is 0. The molecule has 0 spiro atoms. The second kappa shape index (κ2) is 8.04. The molecular weight excluding hydrogens is 202 g/mol. The minimum Gasteiger partial charge on any atom is -0.396 e. The molecule has 0 aromatic rings. The molecule has 0 amide bonds. The fourth-order valence-corrected chi connectivity index (χ4v) is 2.56. The van der Waals surface area contributed by atoms with Crippen molar-refractivity contribution >= 4 is 0 Å².